The van der Waals surface area contributed by atoms with Gasteiger partial charge in [0, 0.05) is 24.6 Å². The van der Waals surface area contributed by atoms with Crippen LogP contribution in [0.4, 0.5) is 0 Å². The molecule has 0 radical (unpaired) electrons. The zero-order valence-electron chi connectivity index (χ0n) is 27.5. The van der Waals surface area contributed by atoms with Gasteiger partial charge in [-0.25, -0.2) is 0 Å². The third kappa shape index (κ3) is 7.32. The average Bonchev–Trinajstić information content (AvgIpc) is 3.27. The molecule has 2 amide bonds. The Morgan fingerprint density at radius 3 is 2.49 bits per heavy atom. The Labute approximate surface area is 252 Å². The third-order valence-electron chi connectivity index (χ3n) is 12.4. The van der Waals surface area contributed by atoms with Gasteiger partial charge in [0.25, 0.3) is 0 Å². The maximum atomic E-state index is 12.7. The van der Waals surface area contributed by atoms with E-state index in [1.807, 2.05) is 0 Å². The van der Waals surface area contributed by atoms with E-state index in [1.165, 1.54) is 57.8 Å². The van der Waals surface area contributed by atoms with Gasteiger partial charge in [0.05, 0.1) is 0 Å². The number of allylic oxidation sites excluding steroid dienone is 1. The molecule has 8 atom stereocenters. The second kappa shape index (κ2) is 13.8. The summed E-state index contributed by atoms with van der Waals surface area (Å²) < 4.78 is 0. The Kier molecular flexibility index (Phi) is 10.9. The van der Waals surface area contributed by atoms with Crippen molar-refractivity contribution in [1.82, 2.24) is 10.6 Å². The van der Waals surface area contributed by atoms with Crippen molar-refractivity contribution >= 4 is 11.8 Å². The van der Waals surface area contributed by atoms with Crippen molar-refractivity contribution in [1.29, 1.82) is 0 Å². The van der Waals surface area contributed by atoms with Gasteiger partial charge in [-0.15, -0.1) is 0 Å². The van der Waals surface area contributed by atoms with Crippen molar-refractivity contribution in [2.45, 2.75) is 144 Å². The molecule has 2 N–H and O–H groups in total. The number of carbonyl (C=O) groups excluding carboxylic acids is 2. The summed E-state index contributed by atoms with van der Waals surface area (Å²) >= 11 is 0. The van der Waals surface area contributed by atoms with Crippen LogP contribution in [0.25, 0.3) is 0 Å². The van der Waals surface area contributed by atoms with Crippen LogP contribution >= 0.6 is 0 Å². The zero-order valence-corrected chi connectivity index (χ0v) is 27.5. The van der Waals surface area contributed by atoms with Gasteiger partial charge >= 0.3 is 0 Å². The lowest BCUT2D eigenvalue weighted by atomic mass is 9.47. The SMILES string of the molecule is C=C(C)C(=O)NCCCCCC(=O)NC1CCC2(C)C(=CCC3C2CCC2(C)C(C(C)CCCC(C)C)CCC32)C1. The Bertz CT molecular complexity index is 968. The van der Waals surface area contributed by atoms with Crippen LogP contribution in [0.2, 0.25) is 0 Å². The van der Waals surface area contributed by atoms with Crippen molar-refractivity contribution in [3.63, 3.8) is 0 Å². The first kappa shape index (κ1) is 32.3. The topological polar surface area (TPSA) is 58.2 Å². The van der Waals surface area contributed by atoms with Crippen molar-refractivity contribution < 1.29 is 9.59 Å². The minimum Gasteiger partial charge on any atom is -0.353 e. The number of fused-ring (bicyclic) bond motifs is 5. The van der Waals surface area contributed by atoms with Crippen molar-refractivity contribution in [3.8, 4) is 0 Å². The van der Waals surface area contributed by atoms with Gasteiger partial charge in [0.2, 0.25) is 11.8 Å². The summed E-state index contributed by atoms with van der Waals surface area (Å²) in [4.78, 5) is 24.3. The highest BCUT2D eigenvalue weighted by Crippen LogP contribution is 2.67. The molecule has 3 saturated carbocycles. The molecule has 0 aromatic rings. The van der Waals surface area contributed by atoms with Crippen LogP contribution in [0.15, 0.2) is 23.8 Å². The Hall–Kier alpha value is -1.58. The number of rotatable bonds is 13. The largest absolute Gasteiger partial charge is 0.353 e. The molecule has 0 spiro atoms. The summed E-state index contributed by atoms with van der Waals surface area (Å²) in [7, 11) is 0. The number of hydrogen-bond donors (Lipinski definition) is 2. The molecule has 0 aromatic carbocycles. The molecule has 4 heteroatoms. The smallest absolute Gasteiger partial charge is 0.246 e. The van der Waals surface area contributed by atoms with Crippen molar-refractivity contribution in [3.05, 3.63) is 23.8 Å². The molecule has 0 aliphatic heterocycles. The quantitative estimate of drug-likeness (QED) is 0.133. The van der Waals surface area contributed by atoms with E-state index in [-0.39, 0.29) is 11.8 Å². The third-order valence-corrected chi connectivity index (χ3v) is 12.4. The first-order valence-electron chi connectivity index (χ1n) is 17.4. The average molecular weight is 567 g/mol. The summed E-state index contributed by atoms with van der Waals surface area (Å²) in [5.41, 5.74) is 3.08. The van der Waals surface area contributed by atoms with E-state index in [1.54, 1.807) is 12.5 Å². The second-order valence-electron chi connectivity index (χ2n) is 15.6. The second-order valence-corrected chi connectivity index (χ2v) is 15.6. The molecule has 41 heavy (non-hydrogen) atoms. The monoisotopic (exact) mass is 566 g/mol. The Morgan fingerprint density at radius 2 is 1.76 bits per heavy atom. The van der Waals surface area contributed by atoms with Crippen molar-refractivity contribution in [2.75, 3.05) is 6.54 Å². The number of carbonyl (C=O) groups is 2. The molecule has 8 unspecified atom stereocenters. The molecule has 4 aliphatic rings. The van der Waals surface area contributed by atoms with E-state index in [2.05, 4.69) is 57.9 Å². The number of hydrogen-bond acceptors (Lipinski definition) is 2. The molecule has 0 saturated heterocycles. The van der Waals surface area contributed by atoms with Crippen LogP contribution < -0.4 is 10.6 Å². The van der Waals surface area contributed by atoms with Gasteiger partial charge in [-0.2, -0.15) is 0 Å². The molecular weight excluding hydrogens is 504 g/mol. The fourth-order valence-electron chi connectivity index (χ4n) is 10.0. The van der Waals surface area contributed by atoms with Gasteiger partial charge in [-0.3, -0.25) is 9.59 Å². The lowest BCUT2D eigenvalue weighted by molar-refractivity contribution is -0.122. The number of nitrogens with one attached hydrogen (secondary N) is 2. The fourth-order valence-corrected chi connectivity index (χ4v) is 10.0. The van der Waals surface area contributed by atoms with E-state index in [4.69, 9.17) is 0 Å². The lowest BCUT2D eigenvalue weighted by Gasteiger charge is -2.58. The van der Waals surface area contributed by atoms with Gasteiger partial charge in [0.15, 0.2) is 0 Å². The summed E-state index contributed by atoms with van der Waals surface area (Å²) in [6.07, 6.45) is 20.6. The van der Waals surface area contributed by atoms with Crippen LogP contribution in [0, 0.1) is 46.3 Å². The maximum absolute atomic E-state index is 12.7. The van der Waals surface area contributed by atoms with Crippen LogP contribution in [0.3, 0.4) is 0 Å². The maximum Gasteiger partial charge on any atom is 0.246 e. The molecule has 0 bridgehead atoms. The van der Waals surface area contributed by atoms with E-state index >= 15 is 0 Å². The standard InChI is InChI=1S/C37H62N2O2/c1-25(2)12-11-13-27(5)31-17-18-32-30-16-15-28-24-29(19-21-36(28,6)33(30)20-22-37(31,32)7)39-34(40)14-9-8-10-23-38-35(41)26(3)4/h15,25,27,29-33H,3,8-14,16-24H2,1-2,4-7H3,(H,38,41)(H,39,40). The minimum atomic E-state index is -0.0767. The molecule has 232 valence electrons. The minimum absolute atomic E-state index is 0.0767. The van der Waals surface area contributed by atoms with Crippen LogP contribution in [-0.4, -0.2) is 24.4 Å². The Morgan fingerprint density at radius 1 is 0.976 bits per heavy atom. The first-order valence-corrected chi connectivity index (χ1v) is 17.4. The summed E-state index contributed by atoms with van der Waals surface area (Å²) in [6, 6.07) is 0.296. The molecule has 4 aliphatic carbocycles. The summed E-state index contributed by atoms with van der Waals surface area (Å²) in [6.45, 7) is 18.6. The predicted octanol–water partition coefficient (Wildman–Crippen LogP) is 8.77. The fraction of sp³-hybridized carbons (Fsp3) is 0.838. The Balaban J connectivity index is 1.26. The normalized spacial score (nSPS) is 35.1. The highest BCUT2D eigenvalue weighted by atomic mass is 16.2. The lowest BCUT2D eigenvalue weighted by Crippen LogP contribution is -2.52. The van der Waals surface area contributed by atoms with Gasteiger partial charge < -0.3 is 10.6 Å². The summed E-state index contributed by atoms with van der Waals surface area (Å²) in [5, 5.41) is 6.26. The highest BCUT2D eigenvalue weighted by molar-refractivity contribution is 5.92. The number of unbranched alkanes of at least 4 members (excludes halogenated alkanes) is 2. The van der Waals surface area contributed by atoms with Gasteiger partial charge in [0.1, 0.15) is 0 Å². The molecule has 4 nitrogen and oxygen atoms in total. The van der Waals surface area contributed by atoms with Gasteiger partial charge in [-0.05, 0) is 117 Å². The van der Waals surface area contributed by atoms with Crippen LogP contribution in [0.5, 0.6) is 0 Å². The van der Waals surface area contributed by atoms with E-state index in [0.29, 0.717) is 35.4 Å². The zero-order chi connectivity index (χ0) is 29.8. The van der Waals surface area contributed by atoms with E-state index in [0.717, 1.165) is 67.6 Å². The molecule has 4 rings (SSSR count). The molecule has 0 heterocycles. The van der Waals surface area contributed by atoms with Crippen molar-refractivity contribution in [2.24, 2.45) is 46.3 Å². The molecular formula is C37H62N2O2. The van der Waals surface area contributed by atoms with Crippen LogP contribution in [-0.2, 0) is 9.59 Å². The summed E-state index contributed by atoms with van der Waals surface area (Å²) in [5.74, 6) is 5.33. The molecule has 0 aromatic heterocycles. The number of amides is 2. The molecule has 3 fully saturated rings. The predicted molar refractivity (Wildman–Crippen MR) is 171 cm³/mol. The van der Waals surface area contributed by atoms with Gasteiger partial charge in [-0.1, -0.05) is 78.5 Å². The highest BCUT2D eigenvalue weighted by Gasteiger charge is 2.59. The van der Waals surface area contributed by atoms with E-state index in [9.17, 15) is 9.59 Å². The first-order chi connectivity index (χ1) is 19.5. The van der Waals surface area contributed by atoms with Crippen LogP contribution in [0.1, 0.15) is 138 Å². The van der Waals surface area contributed by atoms with E-state index < -0.39 is 0 Å².